The lowest BCUT2D eigenvalue weighted by molar-refractivity contribution is -0.141. The summed E-state index contributed by atoms with van der Waals surface area (Å²) in [4.78, 5) is 13.7. The van der Waals surface area contributed by atoms with E-state index in [1.54, 1.807) is 0 Å². The molecule has 1 heterocycles. The largest absolute Gasteiger partial charge is 0.377 e. The summed E-state index contributed by atoms with van der Waals surface area (Å²) in [6.07, 6.45) is 0. The maximum Gasteiger partial charge on any atom is 0.240 e. The van der Waals surface area contributed by atoms with Crippen molar-refractivity contribution in [1.82, 2.24) is 4.90 Å². The topological polar surface area (TPSA) is 55.6 Å². The van der Waals surface area contributed by atoms with E-state index >= 15 is 0 Å². The molecule has 0 radical (unpaired) electrons. The van der Waals surface area contributed by atoms with Crippen LogP contribution in [-0.2, 0) is 9.53 Å². The zero-order valence-corrected chi connectivity index (χ0v) is 9.19. The second-order valence-electron chi connectivity index (χ2n) is 4.23. The Balaban J connectivity index is 2.58. The third kappa shape index (κ3) is 2.45. The number of nitrogens with zero attached hydrogens (tertiary/aromatic N) is 1. The summed E-state index contributed by atoms with van der Waals surface area (Å²) in [5.74, 6) is 0.244. The molecule has 1 aliphatic heterocycles. The van der Waals surface area contributed by atoms with E-state index in [9.17, 15) is 4.79 Å². The average Bonchev–Trinajstić information content (AvgIpc) is 2.16. The summed E-state index contributed by atoms with van der Waals surface area (Å²) in [6.45, 7) is 7.84. The van der Waals surface area contributed by atoms with Crippen LogP contribution in [0.2, 0.25) is 0 Å². The van der Waals surface area contributed by atoms with Gasteiger partial charge in [0, 0.05) is 6.54 Å². The molecule has 1 unspecified atom stereocenters. The van der Waals surface area contributed by atoms with Gasteiger partial charge >= 0.3 is 0 Å². The highest BCUT2D eigenvalue weighted by molar-refractivity contribution is 5.82. The first-order valence-electron chi connectivity index (χ1n) is 5.18. The normalized spacial score (nSPS) is 25.2. The molecule has 1 saturated heterocycles. The molecule has 0 aromatic rings. The molecule has 0 saturated carbocycles. The summed E-state index contributed by atoms with van der Waals surface area (Å²) < 4.78 is 5.27. The summed E-state index contributed by atoms with van der Waals surface area (Å²) in [5.41, 5.74) is 5.82. The fourth-order valence-electron chi connectivity index (χ4n) is 1.53. The Bertz CT molecular complexity index is 206. The Morgan fingerprint density at radius 1 is 1.57 bits per heavy atom. The molecule has 2 atom stereocenters. The molecule has 0 aromatic carbocycles. The maximum absolute atomic E-state index is 11.9. The number of carbonyl (C=O) groups excluding carboxylic acids is 1. The highest BCUT2D eigenvalue weighted by atomic mass is 16.5. The van der Waals surface area contributed by atoms with Gasteiger partial charge in [0.15, 0.2) is 0 Å². The molecule has 2 N–H and O–H groups in total. The van der Waals surface area contributed by atoms with Crippen LogP contribution >= 0.6 is 0 Å². The number of hydrogen-bond acceptors (Lipinski definition) is 3. The highest BCUT2D eigenvalue weighted by Gasteiger charge is 2.28. The Morgan fingerprint density at radius 3 is 2.71 bits per heavy atom. The van der Waals surface area contributed by atoms with Crippen molar-refractivity contribution in [2.45, 2.75) is 32.9 Å². The van der Waals surface area contributed by atoms with E-state index in [1.165, 1.54) is 0 Å². The molecule has 0 spiro atoms. The third-order valence-corrected chi connectivity index (χ3v) is 2.65. The van der Waals surface area contributed by atoms with Crippen LogP contribution in [0.1, 0.15) is 20.8 Å². The van der Waals surface area contributed by atoms with Crippen molar-refractivity contribution in [2.75, 3.05) is 19.8 Å². The van der Waals surface area contributed by atoms with Gasteiger partial charge < -0.3 is 15.4 Å². The lowest BCUT2D eigenvalue weighted by Crippen LogP contribution is -2.54. The van der Waals surface area contributed by atoms with E-state index in [0.717, 1.165) is 0 Å². The van der Waals surface area contributed by atoms with Crippen LogP contribution in [-0.4, -0.2) is 42.6 Å². The minimum absolute atomic E-state index is 0.0517. The molecule has 1 rings (SSSR count). The van der Waals surface area contributed by atoms with Gasteiger partial charge in [-0.3, -0.25) is 4.79 Å². The molecule has 14 heavy (non-hydrogen) atoms. The lowest BCUT2D eigenvalue weighted by Gasteiger charge is -2.35. The van der Waals surface area contributed by atoms with Crippen molar-refractivity contribution < 1.29 is 9.53 Å². The number of carbonyl (C=O) groups is 1. The standard InChI is InChI=1S/C10H20N2O2/c1-7(2)9(11)10(13)12-4-5-14-6-8(12)3/h7-9H,4-6,11H2,1-3H3/t8?,9-/m0/s1. The monoisotopic (exact) mass is 200 g/mol. The minimum atomic E-state index is -0.379. The Morgan fingerprint density at radius 2 is 2.21 bits per heavy atom. The van der Waals surface area contributed by atoms with Crippen LogP contribution in [0.5, 0.6) is 0 Å². The fraction of sp³-hybridized carbons (Fsp3) is 0.900. The SMILES string of the molecule is CC(C)[C@H](N)C(=O)N1CCOCC1C. The molecule has 82 valence electrons. The van der Waals surface area contributed by atoms with Crippen molar-refractivity contribution in [3.8, 4) is 0 Å². The van der Waals surface area contributed by atoms with Gasteiger partial charge in [-0.05, 0) is 12.8 Å². The predicted octanol–water partition coefficient (Wildman–Crippen LogP) is 0.217. The van der Waals surface area contributed by atoms with E-state index in [1.807, 2.05) is 25.7 Å². The van der Waals surface area contributed by atoms with Crippen molar-refractivity contribution in [1.29, 1.82) is 0 Å². The minimum Gasteiger partial charge on any atom is -0.377 e. The molecular formula is C10H20N2O2. The van der Waals surface area contributed by atoms with Crippen molar-refractivity contribution in [3.63, 3.8) is 0 Å². The van der Waals surface area contributed by atoms with Crippen molar-refractivity contribution >= 4 is 5.91 Å². The van der Waals surface area contributed by atoms with Crippen LogP contribution in [0, 0.1) is 5.92 Å². The van der Waals surface area contributed by atoms with Gasteiger partial charge in [-0.2, -0.15) is 0 Å². The molecule has 1 amide bonds. The molecule has 4 nitrogen and oxygen atoms in total. The second-order valence-corrected chi connectivity index (χ2v) is 4.23. The molecule has 0 aromatic heterocycles. The zero-order valence-electron chi connectivity index (χ0n) is 9.19. The smallest absolute Gasteiger partial charge is 0.240 e. The van der Waals surface area contributed by atoms with E-state index in [0.29, 0.717) is 19.8 Å². The molecule has 1 fully saturated rings. The van der Waals surface area contributed by atoms with Gasteiger partial charge in [0.2, 0.25) is 5.91 Å². The predicted molar refractivity (Wildman–Crippen MR) is 54.8 cm³/mol. The van der Waals surface area contributed by atoms with Gasteiger partial charge in [0.1, 0.15) is 0 Å². The Labute approximate surface area is 85.4 Å². The van der Waals surface area contributed by atoms with Crippen molar-refractivity contribution in [2.24, 2.45) is 11.7 Å². The Hall–Kier alpha value is -0.610. The summed E-state index contributed by atoms with van der Waals surface area (Å²) >= 11 is 0. The van der Waals surface area contributed by atoms with E-state index in [-0.39, 0.29) is 23.9 Å². The van der Waals surface area contributed by atoms with Gasteiger partial charge in [0.05, 0.1) is 25.3 Å². The van der Waals surface area contributed by atoms with Crippen molar-refractivity contribution in [3.05, 3.63) is 0 Å². The highest BCUT2D eigenvalue weighted by Crippen LogP contribution is 2.10. The van der Waals surface area contributed by atoms with Crippen LogP contribution in [0.4, 0.5) is 0 Å². The lowest BCUT2D eigenvalue weighted by atomic mass is 10.0. The summed E-state index contributed by atoms with van der Waals surface area (Å²) in [7, 11) is 0. The van der Waals surface area contributed by atoms with Gasteiger partial charge in [-0.25, -0.2) is 0 Å². The van der Waals surface area contributed by atoms with Crippen LogP contribution in [0.3, 0.4) is 0 Å². The fourth-order valence-corrected chi connectivity index (χ4v) is 1.53. The van der Waals surface area contributed by atoms with Gasteiger partial charge in [0.25, 0.3) is 0 Å². The number of rotatable bonds is 2. The van der Waals surface area contributed by atoms with Crippen LogP contribution in [0.15, 0.2) is 0 Å². The van der Waals surface area contributed by atoms with Gasteiger partial charge in [-0.1, -0.05) is 13.8 Å². The number of ether oxygens (including phenoxy) is 1. The third-order valence-electron chi connectivity index (χ3n) is 2.65. The Kier molecular flexibility index (Phi) is 3.89. The zero-order chi connectivity index (χ0) is 10.7. The molecule has 0 bridgehead atoms. The maximum atomic E-state index is 11.9. The summed E-state index contributed by atoms with van der Waals surface area (Å²) in [5, 5.41) is 0. The first-order chi connectivity index (χ1) is 6.54. The van der Waals surface area contributed by atoms with E-state index < -0.39 is 0 Å². The van der Waals surface area contributed by atoms with Crippen LogP contribution < -0.4 is 5.73 Å². The van der Waals surface area contributed by atoms with E-state index in [4.69, 9.17) is 10.5 Å². The second kappa shape index (κ2) is 4.75. The van der Waals surface area contributed by atoms with E-state index in [2.05, 4.69) is 0 Å². The molecular weight excluding hydrogens is 180 g/mol. The van der Waals surface area contributed by atoms with Crippen LogP contribution in [0.25, 0.3) is 0 Å². The molecule has 4 heteroatoms. The molecule has 0 aliphatic carbocycles. The van der Waals surface area contributed by atoms with Gasteiger partial charge in [-0.15, -0.1) is 0 Å². The number of morpholine rings is 1. The number of hydrogen-bond donors (Lipinski definition) is 1. The molecule has 1 aliphatic rings. The first-order valence-corrected chi connectivity index (χ1v) is 5.18. The summed E-state index contributed by atoms with van der Waals surface area (Å²) in [6, 6.07) is -0.225. The number of amides is 1. The number of nitrogens with two attached hydrogens (primary N) is 1. The quantitative estimate of drug-likeness (QED) is 0.693. The average molecular weight is 200 g/mol. The first kappa shape index (κ1) is 11.5.